The zero-order chi connectivity index (χ0) is 11.7. The Morgan fingerprint density at radius 3 is 2.25 bits per heavy atom. The van der Waals surface area contributed by atoms with Crippen LogP contribution in [0.4, 0.5) is 13.2 Å². The summed E-state index contributed by atoms with van der Waals surface area (Å²) >= 11 is 5.57. The normalized spacial score (nSPS) is 10.5. The van der Waals surface area contributed by atoms with E-state index in [-0.39, 0.29) is 16.1 Å². The van der Waals surface area contributed by atoms with Crippen molar-refractivity contribution in [3.05, 3.63) is 58.9 Å². The van der Waals surface area contributed by atoms with Gasteiger partial charge in [-0.3, -0.25) is 0 Å². The number of hydrogen-bond donors (Lipinski definition) is 0. The molecule has 2 rings (SSSR count). The second-order valence-electron chi connectivity index (χ2n) is 3.16. The highest BCUT2D eigenvalue weighted by molar-refractivity contribution is 6.30. The molecule has 0 saturated heterocycles. The largest absolute Gasteiger partial charge is 0.206 e. The summed E-state index contributed by atoms with van der Waals surface area (Å²) in [6, 6.07) is 7.86. The Morgan fingerprint density at radius 2 is 1.62 bits per heavy atom. The fourth-order valence-corrected chi connectivity index (χ4v) is 1.52. The van der Waals surface area contributed by atoms with E-state index in [2.05, 4.69) is 0 Å². The number of rotatable bonds is 1. The van der Waals surface area contributed by atoms with Gasteiger partial charge in [0.2, 0.25) is 0 Å². The van der Waals surface area contributed by atoms with Gasteiger partial charge in [-0.1, -0.05) is 11.6 Å². The molecule has 2 aromatic carbocycles. The molecule has 0 N–H and O–H groups in total. The van der Waals surface area contributed by atoms with Gasteiger partial charge in [-0.15, -0.1) is 0 Å². The topological polar surface area (TPSA) is 0 Å². The van der Waals surface area contributed by atoms with Gasteiger partial charge in [0.25, 0.3) is 0 Å². The quantitative estimate of drug-likeness (QED) is 0.701. The molecule has 4 heteroatoms. The van der Waals surface area contributed by atoms with E-state index in [0.717, 1.165) is 18.2 Å². The zero-order valence-electron chi connectivity index (χ0n) is 7.90. The molecule has 1 radical (unpaired) electrons. The van der Waals surface area contributed by atoms with Crippen LogP contribution in [-0.4, -0.2) is 0 Å². The lowest BCUT2D eigenvalue weighted by molar-refractivity contribution is 0.579. The van der Waals surface area contributed by atoms with Crippen molar-refractivity contribution in [2.24, 2.45) is 0 Å². The van der Waals surface area contributed by atoms with Gasteiger partial charge in [-0.2, -0.15) is 0 Å². The third-order valence-electron chi connectivity index (χ3n) is 2.08. The van der Waals surface area contributed by atoms with Crippen LogP contribution < -0.4 is 0 Å². The molecule has 0 unspecified atom stereocenters. The first-order chi connectivity index (χ1) is 7.58. The van der Waals surface area contributed by atoms with Gasteiger partial charge in [-0.05, 0) is 30.3 Å². The molecule has 0 aliphatic rings. The summed E-state index contributed by atoms with van der Waals surface area (Å²) < 4.78 is 39.4. The minimum atomic E-state index is -0.929. The third kappa shape index (κ3) is 2.04. The highest BCUT2D eigenvalue weighted by Gasteiger charge is 2.11. The van der Waals surface area contributed by atoms with Gasteiger partial charge in [0.15, 0.2) is 0 Å². The van der Waals surface area contributed by atoms with Crippen LogP contribution in [0.15, 0.2) is 30.3 Å². The smallest absolute Gasteiger partial charge is 0.142 e. The minimum Gasteiger partial charge on any atom is -0.206 e. The van der Waals surface area contributed by atoms with Gasteiger partial charge in [0.1, 0.15) is 17.5 Å². The number of hydrogen-bond acceptors (Lipinski definition) is 0. The average Bonchev–Trinajstić information content (AvgIpc) is 2.19. The van der Waals surface area contributed by atoms with Crippen LogP contribution in [0.2, 0.25) is 5.02 Å². The summed E-state index contributed by atoms with van der Waals surface area (Å²) in [6.45, 7) is 0. The summed E-state index contributed by atoms with van der Waals surface area (Å²) in [5.41, 5.74) is -0.0197. The summed E-state index contributed by atoms with van der Waals surface area (Å²) in [5, 5.41) is 0.216. The molecule has 0 heterocycles. The molecule has 0 saturated carbocycles. The molecule has 0 amide bonds. The summed E-state index contributed by atoms with van der Waals surface area (Å²) in [7, 11) is 0. The molecule has 0 atom stereocenters. The van der Waals surface area contributed by atoms with E-state index < -0.39 is 17.5 Å². The van der Waals surface area contributed by atoms with Crippen LogP contribution >= 0.6 is 11.6 Å². The Morgan fingerprint density at radius 1 is 0.938 bits per heavy atom. The van der Waals surface area contributed by atoms with Crippen LogP contribution in [0.25, 0.3) is 11.1 Å². The van der Waals surface area contributed by atoms with Gasteiger partial charge < -0.3 is 0 Å². The Hall–Kier alpha value is -1.48. The Kier molecular flexibility index (Phi) is 2.88. The van der Waals surface area contributed by atoms with E-state index in [1.165, 1.54) is 12.1 Å². The fraction of sp³-hybridized carbons (Fsp3) is 0. The molecule has 2 aromatic rings. The minimum absolute atomic E-state index is 0.0261. The first-order valence-electron chi connectivity index (χ1n) is 4.40. The van der Waals surface area contributed by atoms with E-state index in [4.69, 9.17) is 11.6 Å². The van der Waals surface area contributed by atoms with E-state index in [9.17, 15) is 13.2 Å². The van der Waals surface area contributed by atoms with Crippen LogP contribution in [-0.2, 0) is 0 Å². The number of halogens is 4. The SMILES string of the molecule is Fc1[c]c(F)c(-c2ccc(Cl)cc2F)cc1. The molecule has 0 fully saturated rings. The maximum atomic E-state index is 13.5. The molecule has 0 bridgehead atoms. The van der Waals surface area contributed by atoms with Crippen LogP contribution in [0.3, 0.4) is 0 Å². The molecule has 0 aromatic heterocycles. The van der Waals surface area contributed by atoms with Gasteiger partial charge in [-0.25, -0.2) is 13.2 Å². The summed E-state index contributed by atoms with van der Waals surface area (Å²) in [5.74, 6) is -2.41. The lowest BCUT2D eigenvalue weighted by Crippen LogP contribution is -1.90. The molecule has 81 valence electrons. The Labute approximate surface area is 95.3 Å². The highest BCUT2D eigenvalue weighted by atomic mass is 35.5. The monoisotopic (exact) mass is 241 g/mol. The lowest BCUT2D eigenvalue weighted by Gasteiger charge is -2.05. The predicted molar refractivity (Wildman–Crippen MR) is 55.6 cm³/mol. The first kappa shape index (κ1) is 11.0. The third-order valence-corrected chi connectivity index (χ3v) is 2.32. The second-order valence-corrected chi connectivity index (χ2v) is 3.59. The molecular formula is C12H5ClF3. The molecule has 0 spiro atoms. The zero-order valence-corrected chi connectivity index (χ0v) is 8.65. The first-order valence-corrected chi connectivity index (χ1v) is 4.78. The summed E-state index contributed by atoms with van der Waals surface area (Å²) in [4.78, 5) is 0. The van der Waals surface area contributed by atoms with Gasteiger partial charge in [0.05, 0.1) is 6.07 Å². The van der Waals surface area contributed by atoms with Gasteiger partial charge >= 0.3 is 0 Å². The number of benzene rings is 2. The Balaban J connectivity index is 2.59. The summed E-state index contributed by atoms with van der Waals surface area (Å²) in [6.07, 6.45) is 0. The average molecular weight is 242 g/mol. The highest BCUT2D eigenvalue weighted by Crippen LogP contribution is 2.27. The van der Waals surface area contributed by atoms with Crippen molar-refractivity contribution >= 4 is 11.6 Å². The lowest BCUT2D eigenvalue weighted by atomic mass is 10.0. The van der Waals surface area contributed by atoms with Gasteiger partial charge in [0, 0.05) is 16.1 Å². The molecule has 0 aliphatic heterocycles. The molecule has 0 nitrogen and oxygen atoms in total. The van der Waals surface area contributed by atoms with Crippen molar-refractivity contribution in [2.45, 2.75) is 0 Å². The van der Waals surface area contributed by atoms with Crippen molar-refractivity contribution in [1.29, 1.82) is 0 Å². The Bertz CT molecular complexity index is 488. The van der Waals surface area contributed by atoms with E-state index in [1.807, 2.05) is 6.07 Å². The van der Waals surface area contributed by atoms with Crippen LogP contribution in [0, 0.1) is 23.5 Å². The fourth-order valence-electron chi connectivity index (χ4n) is 1.36. The standard InChI is InChI=1S/C12H5ClF3/c13-7-1-3-9(11(15)5-7)10-4-2-8(14)6-12(10)16/h1-5H. The van der Waals surface area contributed by atoms with E-state index in [0.29, 0.717) is 0 Å². The van der Waals surface area contributed by atoms with Crippen molar-refractivity contribution < 1.29 is 13.2 Å². The van der Waals surface area contributed by atoms with Crippen LogP contribution in [0.5, 0.6) is 0 Å². The molecular weight excluding hydrogens is 237 g/mol. The second kappa shape index (κ2) is 4.18. The molecule has 0 aliphatic carbocycles. The van der Waals surface area contributed by atoms with Crippen LogP contribution in [0.1, 0.15) is 0 Å². The van der Waals surface area contributed by atoms with Crippen molar-refractivity contribution in [3.63, 3.8) is 0 Å². The molecule has 16 heavy (non-hydrogen) atoms. The maximum Gasteiger partial charge on any atom is 0.142 e. The maximum absolute atomic E-state index is 13.5. The van der Waals surface area contributed by atoms with Crippen molar-refractivity contribution in [1.82, 2.24) is 0 Å². The predicted octanol–water partition coefficient (Wildman–Crippen LogP) is 4.22. The van der Waals surface area contributed by atoms with Crippen molar-refractivity contribution in [3.8, 4) is 11.1 Å². The van der Waals surface area contributed by atoms with E-state index >= 15 is 0 Å². The van der Waals surface area contributed by atoms with Crippen molar-refractivity contribution in [2.75, 3.05) is 0 Å². The van der Waals surface area contributed by atoms with E-state index in [1.54, 1.807) is 0 Å².